The highest BCUT2D eigenvalue weighted by atomic mass is 16.4. The third kappa shape index (κ3) is 2.38. The molecule has 6 heteroatoms. The van der Waals surface area contributed by atoms with Crippen LogP contribution >= 0.6 is 0 Å². The summed E-state index contributed by atoms with van der Waals surface area (Å²) < 4.78 is 0. The molecule has 1 fully saturated rings. The van der Waals surface area contributed by atoms with Crippen LogP contribution in [0.2, 0.25) is 0 Å². The Kier molecular flexibility index (Phi) is 2.76. The maximum Gasteiger partial charge on any atom is 0.407 e. The maximum absolute atomic E-state index is 10.8. The molecule has 0 aromatic heterocycles. The largest absolute Gasteiger partial charge is 0.465 e. The Hall–Kier alpha value is -1.68. The van der Waals surface area contributed by atoms with Gasteiger partial charge >= 0.3 is 12.3 Å². The summed E-state index contributed by atoms with van der Waals surface area (Å²) in [4.78, 5) is 25.0. The van der Waals surface area contributed by atoms with Crippen molar-refractivity contribution in [3.63, 3.8) is 0 Å². The van der Waals surface area contributed by atoms with Crippen LogP contribution < -0.4 is 0 Å². The van der Waals surface area contributed by atoms with Crippen molar-refractivity contribution in [1.29, 1.82) is 0 Å². The molecule has 0 spiro atoms. The number of likely N-dealkylation sites (tertiary alicyclic amines) is 1. The van der Waals surface area contributed by atoms with Gasteiger partial charge in [-0.05, 0) is 0 Å². The van der Waals surface area contributed by atoms with E-state index in [0.29, 0.717) is 13.1 Å². The minimum Gasteiger partial charge on any atom is -0.465 e. The van der Waals surface area contributed by atoms with Gasteiger partial charge in [0, 0.05) is 25.4 Å². The van der Waals surface area contributed by atoms with Crippen molar-refractivity contribution in [2.45, 2.75) is 6.42 Å². The molecule has 1 aliphatic heterocycles. The van der Waals surface area contributed by atoms with Gasteiger partial charge in [-0.15, -0.1) is 0 Å². The lowest BCUT2D eigenvalue weighted by atomic mass is 9.95. The predicted octanol–water partition coefficient (Wildman–Crippen LogP) is -0.144. The SMILES string of the molecule is [N-]=[N+]=CC(=O)CC1CN(C(=O)O)C1. The highest BCUT2D eigenvalue weighted by Gasteiger charge is 2.31. The number of hydrogen-bond donors (Lipinski definition) is 1. The van der Waals surface area contributed by atoms with Crippen LogP contribution in [0.5, 0.6) is 0 Å². The van der Waals surface area contributed by atoms with Gasteiger partial charge in [-0.2, -0.15) is 4.79 Å². The van der Waals surface area contributed by atoms with Gasteiger partial charge in [0.1, 0.15) is 0 Å². The molecule has 0 saturated carbocycles. The number of ketones is 1. The minimum atomic E-state index is -0.959. The van der Waals surface area contributed by atoms with Gasteiger partial charge in [0.05, 0.1) is 0 Å². The summed E-state index contributed by atoms with van der Waals surface area (Å²) in [6.07, 6.45) is 0.122. The maximum atomic E-state index is 10.8. The molecular weight excluding hydrogens is 174 g/mol. The minimum absolute atomic E-state index is 0.0709. The summed E-state index contributed by atoms with van der Waals surface area (Å²) in [6, 6.07) is 0. The smallest absolute Gasteiger partial charge is 0.407 e. The summed E-state index contributed by atoms with van der Waals surface area (Å²) in [6.45, 7) is 0.778. The molecule has 0 bridgehead atoms. The van der Waals surface area contributed by atoms with Gasteiger partial charge in [-0.3, -0.25) is 4.79 Å². The Balaban J connectivity index is 2.25. The first-order valence-electron chi connectivity index (χ1n) is 3.81. The van der Waals surface area contributed by atoms with Crippen LogP contribution in [0, 0.1) is 5.92 Å². The average molecular weight is 183 g/mol. The van der Waals surface area contributed by atoms with Gasteiger partial charge in [-0.1, -0.05) is 0 Å². The van der Waals surface area contributed by atoms with Gasteiger partial charge < -0.3 is 15.5 Å². The van der Waals surface area contributed by atoms with E-state index in [-0.39, 0.29) is 18.1 Å². The van der Waals surface area contributed by atoms with E-state index in [1.54, 1.807) is 0 Å². The Labute approximate surface area is 74.4 Å². The molecule has 6 nitrogen and oxygen atoms in total. The van der Waals surface area contributed by atoms with Crippen LogP contribution in [0.15, 0.2) is 0 Å². The van der Waals surface area contributed by atoms with Crippen LogP contribution in [0.3, 0.4) is 0 Å². The van der Waals surface area contributed by atoms with E-state index in [4.69, 9.17) is 10.6 Å². The van der Waals surface area contributed by atoms with E-state index in [1.807, 2.05) is 0 Å². The van der Waals surface area contributed by atoms with Gasteiger partial charge in [-0.25, -0.2) is 4.79 Å². The van der Waals surface area contributed by atoms with E-state index in [2.05, 4.69) is 4.79 Å². The number of amides is 1. The zero-order valence-electron chi connectivity index (χ0n) is 6.88. The average Bonchev–Trinajstić information content (AvgIpc) is 1.95. The Morgan fingerprint density at radius 1 is 1.62 bits per heavy atom. The number of rotatable bonds is 3. The van der Waals surface area contributed by atoms with Gasteiger partial charge in [0.15, 0.2) is 0 Å². The molecule has 13 heavy (non-hydrogen) atoms. The first-order chi connectivity index (χ1) is 6.13. The fraction of sp³-hybridized carbons (Fsp3) is 0.571. The molecule has 1 amide bonds. The second-order valence-corrected chi connectivity index (χ2v) is 2.97. The Morgan fingerprint density at radius 3 is 2.69 bits per heavy atom. The highest BCUT2D eigenvalue weighted by Crippen LogP contribution is 2.18. The predicted molar refractivity (Wildman–Crippen MR) is 42.4 cm³/mol. The lowest BCUT2D eigenvalue weighted by Crippen LogP contribution is -2.50. The number of Topliss-reactive ketones (excluding diaryl/α,β-unsaturated/α-hetero) is 1. The van der Waals surface area contributed by atoms with E-state index >= 15 is 0 Å². The second-order valence-electron chi connectivity index (χ2n) is 2.97. The van der Waals surface area contributed by atoms with Crippen molar-refractivity contribution >= 4 is 18.1 Å². The molecule has 0 radical (unpaired) electrons. The molecule has 0 aromatic carbocycles. The van der Waals surface area contributed by atoms with Crippen LogP contribution in [0.25, 0.3) is 5.53 Å². The summed E-state index contributed by atoms with van der Waals surface area (Å²) in [5, 5.41) is 8.46. The Morgan fingerprint density at radius 2 is 2.23 bits per heavy atom. The number of carbonyl (C=O) groups is 2. The van der Waals surface area contributed by atoms with Crippen LogP contribution in [-0.4, -0.2) is 46.0 Å². The van der Waals surface area contributed by atoms with Crippen molar-refractivity contribution in [3.8, 4) is 0 Å². The van der Waals surface area contributed by atoms with E-state index in [0.717, 1.165) is 6.21 Å². The summed E-state index contributed by atoms with van der Waals surface area (Å²) in [7, 11) is 0. The van der Waals surface area contributed by atoms with Crippen molar-refractivity contribution in [2.75, 3.05) is 13.1 Å². The first kappa shape index (κ1) is 9.41. The fourth-order valence-electron chi connectivity index (χ4n) is 1.26. The molecule has 1 N–H and O–H groups in total. The highest BCUT2D eigenvalue weighted by molar-refractivity contribution is 6.25. The quantitative estimate of drug-likeness (QED) is 0.374. The number of carbonyl (C=O) groups excluding carboxylic acids is 1. The van der Waals surface area contributed by atoms with Gasteiger partial charge in [0.25, 0.3) is 0 Å². The normalized spacial score (nSPS) is 15.8. The molecule has 1 rings (SSSR count). The van der Waals surface area contributed by atoms with Crippen molar-refractivity contribution < 1.29 is 19.5 Å². The lowest BCUT2D eigenvalue weighted by molar-refractivity contribution is -0.118. The van der Waals surface area contributed by atoms with Crippen LogP contribution in [-0.2, 0) is 4.79 Å². The summed E-state index contributed by atoms with van der Waals surface area (Å²) >= 11 is 0. The third-order valence-electron chi connectivity index (χ3n) is 1.92. The summed E-state index contributed by atoms with van der Waals surface area (Å²) in [5.74, 6) is -0.209. The van der Waals surface area contributed by atoms with E-state index < -0.39 is 6.09 Å². The molecule has 1 saturated heterocycles. The van der Waals surface area contributed by atoms with E-state index in [9.17, 15) is 9.59 Å². The number of hydrogen-bond acceptors (Lipinski definition) is 2. The summed E-state index contributed by atoms with van der Waals surface area (Å²) in [5.41, 5.74) is 8.02. The number of carboxylic acid groups (broad SMARTS) is 1. The van der Waals surface area contributed by atoms with Crippen molar-refractivity contribution in [1.82, 2.24) is 4.90 Å². The molecule has 70 valence electrons. The molecule has 1 heterocycles. The van der Waals surface area contributed by atoms with Crippen molar-refractivity contribution in [2.24, 2.45) is 5.92 Å². The van der Waals surface area contributed by atoms with Crippen LogP contribution in [0.4, 0.5) is 4.79 Å². The van der Waals surface area contributed by atoms with Crippen molar-refractivity contribution in [3.05, 3.63) is 5.53 Å². The zero-order chi connectivity index (χ0) is 9.84. The van der Waals surface area contributed by atoms with Gasteiger partial charge in [0.2, 0.25) is 5.78 Å². The second kappa shape index (κ2) is 3.82. The number of nitrogens with zero attached hydrogens (tertiary/aromatic N) is 3. The molecular formula is C7H9N3O3. The first-order valence-corrected chi connectivity index (χ1v) is 3.81. The lowest BCUT2D eigenvalue weighted by Gasteiger charge is -2.36. The molecule has 0 aromatic rings. The zero-order valence-corrected chi connectivity index (χ0v) is 6.88. The monoisotopic (exact) mass is 183 g/mol. The topological polar surface area (TPSA) is 94.0 Å². The molecule has 1 aliphatic rings. The molecule has 0 aliphatic carbocycles. The fourth-order valence-corrected chi connectivity index (χ4v) is 1.26. The van der Waals surface area contributed by atoms with Crippen LogP contribution in [0.1, 0.15) is 6.42 Å². The Bertz CT molecular complexity index is 277. The standard InChI is InChI=1S/C7H9N3O3/c8-9-2-6(11)1-5-3-10(4-5)7(12)13/h2,5H,1,3-4H2,(H,12,13). The van der Waals surface area contributed by atoms with E-state index in [1.165, 1.54) is 4.90 Å². The molecule has 0 unspecified atom stereocenters. The molecule has 0 atom stereocenters. The third-order valence-corrected chi connectivity index (χ3v) is 1.92.